The molecule has 7 heteroatoms. The summed E-state index contributed by atoms with van der Waals surface area (Å²) in [5.41, 5.74) is 4.52. The molecule has 0 amide bonds. The fraction of sp³-hybridized carbons (Fsp3) is 0.458. The van der Waals surface area contributed by atoms with Gasteiger partial charge in [-0.15, -0.1) is 0 Å². The zero-order valence-corrected chi connectivity index (χ0v) is 18.4. The minimum atomic E-state index is -0.568. The summed E-state index contributed by atoms with van der Waals surface area (Å²) in [4.78, 5) is 9.74. The average Bonchev–Trinajstić information content (AvgIpc) is 3.07. The molecule has 1 fully saturated rings. The number of aliphatic hydroxyl groups excluding tert-OH is 1. The number of hydrogen-bond acceptors (Lipinski definition) is 7. The quantitative estimate of drug-likeness (QED) is 0.543. The molecule has 0 saturated heterocycles. The van der Waals surface area contributed by atoms with Gasteiger partial charge in [-0.2, -0.15) is 0 Å². The number of aryl methyl sites for hydroxylation is 2. The minimum Gasteiger partial charge on any atom is -0.491 e. The number of nitrogens with zero attached hydrogens (tertiary/aromatic N) is 3. The molecule has 1 aliphatic rings. The van der Waals surface area contributed by atoms with Crippen LogP contribution in [0.3, 0.4) is 0 Å². The summed E-state index contributed by atoms with van der Waals surface area (Å²) in [7, 11) is 1.80. The maximum absolute atomic E-state index is 9.91. The van der Waals surface area contributed by atoms with Crippen LogP contribution in [0.15, 0.2) is 34.9 Å². The molecular formula is C24H30N4O3. The summed E-state index contributed by atoms with van der Waals surface area (Å²) in [6.45, 7) is 4.54. The summed E-state index contributed by atoms with van der Waals surface area (Å²) in [5, 5.41) is 16.9. The van der Waals surface area contributed by atoms with Gasteiger partial charge >= 0.3 is 0 Å². The van der Waals surface area contributed by atoms with Gasteiger partial charge in [0.15, 0.2) is 5.82 Å². The lowest BCUT2D eigenvalue weighted by Gasteiger charge is -2.25. The smallest absolute Gasteiger partial charge is 0.160 e. The maximum atomic E-state index is 9.91. The van der Waals surface area contributed by atoms with Crippen molar-refractivity contribution in [1.82, 2.24) is 20.4 Å². The number of likely N-dealkylation sites (N-methyl/N-ethyl adjacent to an activating group) is 1. The van der Waals surface area contributed by atoms with Gasteiger partial charge in [0.05, 0.1) is 17.0 Å². The first kappa shape index (κ1) is 21.5. The number of rotatable bonds is 9. The Morgan fingerprint density at radius 2 is 2.06 bits per heavy atom. The summed E-state index contributed by atoms with van der Waals surface area (Å²) in [6.07, 6.45) is 4.22. The van der Waals surface area contributed by atoms with Gasteiger partial charge in [0.25, 0.3) is 0 Å². The van der Waals surface area contributed by atoms with Gasteiger partial charge in [0.1, 0.15) is 24.2 Å². The molecule has 4 rings (SSSR count). The highest BCUT2D eigenvalue weighted by molar-refractivity contribution is 5.67. The first-order chi connectivity index (χ1) is 15.0. The number of ether oxygens (including phenoxy) is 1. The second kappa shape index (κ2) is 9.58. The van der Waals surface area contributed by atoms with Crippen molar-refractivity contribution in [3.63, 3.8) is 0 Å². The van der Waals surface area contributed by atoms with Crippen molar-refractivity contribution in [3.05, 3.63) is 47.5 Å². The summed E-state index contributed by atoms with van der Waals surface area (Å²) in [6, 6.07) is 9.78. The van der Waals surface area contributed by atoms with E-state index in [0.717, 1.165) is 40.4 Å². The molecule has 31 heavy (non-hydrogen) atoms. The lowest BCUT2D eigenvalue weighted by Crippen LogP contribution is -2.29. The van der Waals surface area contributed by atoms with Gasteiger partial charge < -0.3 is 19.7 Å². The molecule has 2 aromatic heterocycles. The highest BCUT2D eigenvalue weighted by atomic mass is 16.5. The van der Waals surface area contributed by atoms with Crippen LogP contribution in [0.2, 0.25) is 0 Å². The van der Waals surface area contributed by atoms with E-state index in [1.807, 2.05) is 38.1 Å². The normalized spacial score (nSPS) is 15.0. The Bertz CT molecular complexity index is 1010. The van der Waals surface area contributed by atoms with Crippen molar-refractivity contribution in [2.24, 2.45) is 5.92 Å². The van der Waals surface area contributed by atoms with Crippen LogP contribution in [-0.2, 0) is 6.42 Å². The predicted octanol–water partition coefficient (Wildman–Crippen LogP) is 3.72. The van der Waals surface area contributed by atoms with Crippen molar-refractivity contribution < 1.29 is 14.4 Å². The van der Waals surface area contributed by atoms with Crippen LogP contribution in [0.1, 0.15) is 36.4 Å². The topological polar surface area (TPSA) is 93.3 Å². The van der Waals surface area contributed by atoms with Crippen molar-refractivity contribution in [2.75, 3.05) is 20.2 Å². The van der Waals surface area contributed by atoms with E-state index in [0.29, 0.717) is 24.0 Å². The lowest BCUT2D eigenvalue weighted by molar-refractivity contribution is 0.108. The summed E-state index contributed by atoms with van der Waals surface area (Å²) >= 11 is 0. The SMILES string of the molecule is CNCC(O)COc1cccc(-c2nc(CC3CCC3)cc(-c3c(C)noc3C)n2)c1. The van der Waals surface area contributed by atoms with Gasteiger partial charge in [-0.3, -0.25) is 0 Å². The number of benzene rings is 1. The maximum Gasteiger partial charge on any atom is 0.160 e. The van der Waals surface area contributed by atoms with Gasteiger partial charge in [-0.1, -0.05) is 36.6 Å². The Balaban J connectivity index is 1.66. The van der Waals surface area contributed by atoms with Gasteiger partial charge in [0.2, 0.25) is 0 Å². The molecule has 0 radical (unpaired) electrons. The molecule has 0 aliphatic heterocycles. The number of hydrogen-bond donors (Lipinski definition) is 2. The molecule has 3 aromatic rings. The lowest BCUT2D eigenvalue weighted by atomic mass is 9.82. The molecule has 1 unspecified atom stereocenters. The minimum absolute atomic E-state index is 0.219. The monoisotopic (exact) mass is 422 g/mol. The van der Waals surface area contributed by atoms with Crippen LogP contribution in [0.25, 0.3) is 22.6 Å². The van der Waals surface area contributed by atoms with E-state index < -0.39 is 6.10 Å². The van der Waals surface area contributed by atoms with Crippen LogP contribution in [0.4, 0.5) is 0 Å². The van der Waals surface area contributed by atoms with Crippen LogP contribution in [0, 0.1) is 19.8 Å². The molecule has 2 heterocycles. The van der Waals surface area contributed by atoms with Crippen molar-refractivity contribution >= 4 is 0 Å². The summed E-state index contributed by atoms with van der Waals surface area (Å²) in [5.74, 6) is 2.79. The summed E-state index contributed by atoms with van der Waals surface area (Å²) < 4.78 is 11.2. The van der Waals surface area contributed by atoms with E-state index in [1.54, 1.807) is 7.05 Å². The van der Waals surface area contributed by atoms with Crippen LogP contribution in [-0.4, -0.2) is 46.5 Å². The van der Waals surface area contributed by atoms with E-state index in [2.05, 4.69) is 16.5 Å². The third-order valence-corrected chi connectivity index (χ3v) is 5.77. The Labute approximate surface area is 182 Å². The Morgan fingerprint density at radius 1 is 1.23 bits per heavy atom. The molecule has 1 atom stereocenters. The molecule has 164 valence electrons. The fourth-order valence-electron chi connectivity index (χ4n) is 3.91. The molecule has 2 N–H and O–H groups in total. The molecule has 0 spiro atoms. The van der Waals surface area contributed by atoms with Crippen molar-refractivity contribution in [1.29, 1.82) is 0 Å². The molecule has 1 aromatic carbocycles. The molecule has 1 saturated carbocycles. The molecule has 1 aliphatic carbocycles. The largest absolute Gasteiger partial charge is 0.491 e. The average molecular weight is 423 g/mol. The third kappa shape index (κ3) is 5.11. The zero-order valence-electron chi connectivity index (χ0n) is 18.4. The first-order valence-corrected chi connectivity index (χ1v) is 10.9. The second-order valence-electron chi connectivity index (χ2n) is 8.32. The van der Waals surface area contributed by atoms with E-state index >= 15 is 0 Å². The van der Waals surface area contributed by atoms with Crippen LogP contribution in [0.5, 0.6) is 5.75 Å². The highest BCUT2D eigenvalue weighted by Crippen LogP contribution is 2.33. The van der Waals surface area contributed by atoms with Gasteiger partial charge in [-0.05, 0) is 51.4 Å². The zero-order chi connectivity index (χ0) is 21.8. The third-order valence-electron chi connectivity index (χ3n) is 5.77. The Morgan fingerprint density at radius 3 is 2.74 bits per heavy atom. The van der Waals surface area contributed by atoms with Gasteiger partial charge in [0, 0.05) is 17.8 Å². The second-order valence-corrected chi connectivity index (χ2v) is 8.32. The van der Waals surface area contributed by atoms with E-state index in [-0.39, 0.29) is 6.61 Å². The van der Waals surface area contributed by atoms with E-state index in [9.17, 15) is 5.11 Å². The van der Waals surface area contributed by atoms with Crippen LogP contribution >= 0.6 is 0 Å². The van der Waals surface area contributed by atoms with E-state index in [1.165, 1.54) is 19.3 Å². The molecular weight excluding hydrogens is 392 g/mol. The number of nitrogens with one attached hydrogen (secondary N) is 1. The van der Waals surface area contributed by atoms with Crippen LogP contribution < -0.4 is 10.1 Å². The molecule has 7 nitrogen and oxygen atoms in total. The predicted molar refractivity (Wildman–Crippen MR) is 119 cm³/mol. The highest BCUT2D eigenvalue weighted by Gasteiger charge is 2.21. The Kier molecular flexibility index (Phi) is 6.63. The Hall–Kier alpha value is -2.77. The number of aliphatic hydroxyl groups is 1. The standard InChI is InChI=1S/C24H30N4O3/c1-15-23(16(2)31-28-15)22-12-19(10-17-6-4-7-17)26-24(27-22)18-8-5-9-21(11-18)30-14-20(29)13-25-3/h5,8-9,11-12,17,20,25,29H,4,6-7,10,13-14H2,1-3H3. The molecule has 0 bridgehead atoms. The fourth-order valence-corrected chi connectivity index (χ4v) is 3.91. The van der Waals surface area contributed by atoms with Crippen molar-refractivity contribution in [3.8, 4) is 28.4 Å². The van der Waals surface area contributed by atoms with Crippen molar-refractivity contribution in [2.45, 2.75) is 45.6 Å². The number of aromatic nitrogens is 3. The van der Waals surface area contributed by atoms with Gasteiger partial charge in [-0.25, -0.2) is 9.97 Å². The van der Waals surface area contributed by atoms with E-state index in [4.69, 9.17) is 19.2 Å². The first-order valence-electron chi connectivity index (χ1n) is 10.9.